The smallest absolute Gasteiger partial charge is 0.251 e. The molecule has 26 heavy (non-hydrogen) atoms. The van der Waals surface area contributed by atoms with Crippen LogP contribution in [0.4, 0.5) is 5.82 Å². The van der Waals surface area contributed by atoms with Crippen LogP contribution < -0.4 is 16.0 Å². The molecule has 134 valence electrons. The van der Waals surface area contributed by atoms with Gasteiger partial charge in [0.2, 0.25) is 0 Å². The quantitative estimate of drug-likeness (QED) is 0.664. The molecule has 1 aromatic carbocycles. The van der Waals surface area contributed by atoms with Crippen molar-refractivity contribution in [2.45, 2.75) is 18.9 Å². The summed E-state index contributed by atoms with van der Waals surface area (Å²) in [6.07, 6.45) is 4.30. The molecule has 1 amide bonds. The van der Waals surface area contributed by atoms with Gasteiger partial charge in [-0.3, -0.25) is 4.79 Å². The van der Waals surface area contributed by atoms with E-state index in [9.17, 15) is 4.79 Å². The van der Waals surface area contributed by atoms with Gasteiger partial charge in [0.05, 0.1) is 10.9 Å². The van der Waals surface area contributed by atoms with Gasteiger partial charge in [-0.1, -0.05) is 18.2 Å². The Morgan fingerprint density at radius 1 is 1.35 bits per heavy atom. The Morgan fingerprint density at radius 3 is 2.96 bits per heavy atom. The number of anilines is 1. The van der Waals surface area contributed by atoms with Crippen molar-refractivity contribution in [3.63, 3.8) is 0 Å². The molecule has 1 aliphatic heterocycles. The predicted molar refractivity (Wildman–Crippen MR) is 101 cm³/mol. The van der Waals surface area contributed by atoms with Gasteiger partial charge in [0.25, 0.3) is 5.91 Å². The largest absolute Gasteiger partial charge is 0.354 e. The number of aryl methyl sites for hydroxylation is 1. The Morgan fingerprint density at radius 2 is 2.15 bits per heavy atom. The number of hydrogen-bond acceptors (Lipinski definition) is 5. The minimum atomic E-state index is -0.480. The van der Waals surface area contributed by atoms with E-state index < -0.39 is 5.54 Å². The molecule has 1 atom stereocenters. The lowest BCUT2D eigenvalue weighted by molar-refractivity contribution is 0.0945. The number of nitrogens with zero attached hydrogens (tertiary/aromatic N) is 3. The Labute approximate surface area is 151 Å². The van der Waals surface area contributed by atoms with Crippen molar-refractivity contribution in [3.05, 3.63) is 54.0 Å². The number of aromatic nitrogens is 3. The second kappa shape index (κ2) is 6.42. The van der Waals surface area contributed by atoms with Gasteiger partial charge in [0.15, 0.2) is 0 Å². The van der Waals surface area contributed by atoms with Crippen LogP contribution in [0.15, 0.2) is 42.9 Å². The summed E-state index contributed by atoms with van der Waals surface area (Å²) >= 11 is 0. The Bertz CT molecular complexity index is 938. The number of aromatic amines is 1. The maximum Gasteiger partial charge on any atom is 0.251 e. The molecule has 3 heterocycles. The zero-order valence-corrected chi connectivity index (χ0v) is 14.7. The van der Waals surface area contributed by atoms with Crippen molar-refractivity contribution in [2.75, 3.05) is 24.5 Å². The van der Waals surface area contributed by atoms with E-state index in [1.54, 1.807) is 18.5 Å². The first-order valence-electron chi connectivity index (χ1n) is 8.71. The summed E-state index contributed by atoms with van der Waals surface area (Å²) in [5.74, 6) is 0.801. The number of nitrogens with one attached hydrogen (secondary N) is 2. The van der Waals surface area contributed by atoms with Gasteiger partial charge in [0, 0.05) is 31.4 Å². The average molecular weight is 350 g/mol. The van der Waals surface area contributed by atoms with Crippen LogP contribution in [0.1, 0.15) is 22.3 Å². The summed E-state index contributed by atoms with van der Waals surface area (Å²) in [6, 6.07) is 9.19. The third-order valence-electron chi connectivity index (χ3n) is 4.97. The number of benzene rings is 1. The predicted octanol–water partition coefficient (Wildman–Crippen LogP) is 1.60. The van der Waals surface area contributed by atoms with Crippen LogP contribution in [0.3, 0.4) is 0 Å². The molecule has 0 spiro atoms. The molecule has 7 heteroatoms. The SMILES string of the molecule is Cc1c[nH]c2ncnc(N3CC[C@](N)(CNC(=O)c4ccccc4)C3)c12. The number of H-pyrrole nitrogens is 1. The molecule has 0 unspecified atom stereocenters. The molecule has 1 fully saturated rings. The lowest BCUT2D eigenvalue weighted by Crippen LogP contribution is -2.52. The Balaban J connectivity index is 1.47. The van der Waals surface area contributed by atoms with E-state index in [0.717, 1.165) is 35.4 Å². The second-order valence-corrected chi connectivity index (χ2v) is 6.98. The number of hydrogen-bond donors (Lipinski definition) is 3. The third kappa shape index (κ3) is 3.01. The minimum absolute atomic E-state index is 0.0974. The number of carbonyl (C=O) groups is 1. The highest BCUT2D eigenvalue weighted by Gasteiger charge is 2.36. The first-order valence-corrected chi connectivity index (χ1v) is 8.71. The van der Waals surface area contributed by atoms with Crippen LogP contribution in [0.2, 0.25) is 0 Å². The van der Waals surface area contributed by atoms with E-state index in [2.05, 4.69) is 25.2 Å². The van der Waals surface area contributed by atoms with Crippen LogP contribution in [-0.4, -0.2) is 46.0 Å². The van der Waals surface area contributed by atoms with Gasteiger partial charge >= 0.3 is 0 Å². The lowest BCUT2D eigenvalue weighted by atomic mass is 10.00. The number of fused-ring (bicyclic) bond motifs is 1. The lowest BCUT2D eigenvalue weighted by Gasteiger charge is -2.25. The van der Waals surface area contributed by atoms with Crippen LogP contribution in [0, 0.1) is 6.92 Å². The topological polar surface area (TPSA) is 99.9 Å². The fraction of sp³-hybridized carbons (Fsp3) is 0.316. The van der Waals surface area contributed by atoms with Gasteiger partial charge in [-0.15, -0.1) is 0 Å². The number of amides is 1. The van der Waals surface area contributed by atoms with Crippen molar-refractivity contribution in [3.8, 4) is 0 Å². The average Bonchev–Trinajstić information content (AvgIpc) is 3.24. The minimum Gasteiger partial charge on any atom is -0.354 e. The standard InChI is InChI=1S/C19H22N6O/c1-13-9-21-16-15(13)17(24-12-23-16)25-8-7-19(20,11-25)10-22-18(26)14-5-3-2-4-6-14/h2-6,9,12H,7-8,10-11,20H2,1H3,(H,22,26)(H,21,23,24)/t19-/m0/s1. The van der Waals surface area contributed by atoms with E-state index in [0.29, 0.717) is 18.7 Å². The molecule has 1 saturated heterocycles. The van der Waals surface area contributed by atoms with Crippen LogP contribution >= 0.6 is 0 Å². The van der Waals surface area contributed by atoms with Crippen molar-refractivity contribution >= 4 is 22.8 Å². The van der Waals surface area contributed by atoms with Gasteiger partial charge in [-0.2, -0.15) is 0 Å². The fourth-order valence-electron chi connectivity index (χ4n) is 3.51. The summed E-state index contributed by atoms with van der Waals surface area (Å²) in [6.45, 7) is 3.91. The molecule has 2 aromatic heterocycles. The third-order valence-corrected chi connectivity index (χ3v) is 4.97. The maximum absolute atomic E-state index is 12.3. The molecule has 0 bridgehead atoms. The molecule has 3 aromatic rings. The van der Waals surface area contributed by atoms with E-state index in [1.807, 2.05) is 31.3 Å². The van der Waals surface area contributed by atoms with Gasteiger partial charge in [0.1, 0.15) is 17.8 Å². The van der Waals surface area contributed by atoms with Gasteiger partial charge in [-0.25, -0.2) is 9.97 Å². The van der Waals surface area contributed by atoms with Crippen LogP contribution in [-0.2, 0) is 0 Å². The number of rotatable bonds is 4. The molecular formula is C19H22N6O. The molecular weight excluding hydrogens is 328 g/mol. The van der Waals surface area contributed by atoms with Crippen LogP contribution in [0.25, 0.3) is 11.0 Å². The second-order valence-electron chi connectivity index (χ2n) is 6.98. The van der Waals surface area contributed by atoms with Crippen molar-refractivity contribution in [1.29, 1.82) is 0 Å². The number of nitrogens with two attached hydrogens (primary N) is 1. The molecule has 4 rings (SSSR count). The van der Waals surface area contributed by atoms with Crippen molar-refractivity contribution < 1.29 is 4.79 Å². The summed E-state index contributed by atoms with van der Waals surface area (Å²) in [5.41, 5.74) is 8.67. The van der Waals surface area contributed by atoms with E-state index in [4.69, 9.17) is 5.73 Å². The Hall–Kier alpha value is -2.93. The summed E-state index contributed by atoms with van der Waals surface area (Å²) < 4.78 is 0. The normalized spacial score (nSPS) is 19.8. The highest BCUT2D eigenvalue weighted by atomic mass is 16.1. The zero-order valence-electron chi connectivity index (χ0n) is 14.7. The highest BCUT2D eigenvalue weighted by Crippen LogP contribution is 2.30. The van der Waals surface area contributed by atoms with Gasteiger partial charge in [-0.05, 0) is 31.0 Å². The molecule has 4 N–H and O–H groups in total. The van der Waals surface area contributed by atoms with Crippen LogP contribution in [0.5, 0.6) is 0 Å². The first kappa shape index (κ1) is 16.5. The molecule has 0 radical (unpaired) electrons. The number of carbonyl (C=O) groups excluding carboxylic acids is 1. The molecule has 7 nitrogen and oxygen atoms in total. The summed E-state index contributed by atoms with van der Waals surface area (Å²) in [5, 5.41) is 4.00. The zero-order chi connectivity index (χ0) is 18.1. The highest BCUT2D eigenvalue weighted by molar-refractivity contribution is 5.94. The monoisotopic (exact) mass is 350 g/mol. The van der Waals surface area contributed by atoms with Gasteiger partial charge < -0.3 is 20.9 Å². The summed E-state index contributed by atoms with van der Waals surface area (Å²) in [4.78, 5) is 26.4. The molecule has 0 aliphatic carbocycles. The van der Waals surface area contributed by atoms with E-state index in [1.165, 1.54) is 0 Å². The van der Waals surface area contributed by atoms with E-state index >= 15 is 0 Å². The van der Waals surface area contributed by atoms with Crippen molar-refractivity contribution in [2.24, 2.45) is 5.73 Å². The fourth-order valence-corrected chi connectivity index (χ4v) is 3.51. The first-order chi connectivity index (χ1) is 12.6. The Kier molecular flexibility index (Phi) is 4.08. The van der Waals surface area contributed by atoms with Crippen molar-refractivity contribution in [1.82, 2.24) is 20.3 Å². The molecule has 0 saturated carbocycles. The molecule has 1 aliphatic rings. The maximum atomic E-state index is 12.3. The summed E-state index contributed by atoms with van der Waals surface area (Å²) in [7, 11) is 0. The van der Waals surface area contributed by atoms with E-state index in [-0.39, 0.29) is 5.91 Å².